The van der Waals surface area contributed by atoms with Crippen LogP contribution in [0.3, 0.4) is 0 Å². The second-order valence-electron chi connectivity index (χ2n) is 6.18. The van der Waals surface area contributed by atoms with Crippen molar-refractivity contribution in [1.82, 2.24) is 15.5 Å². The van der Waals surface area contributed by atoms with Crippen LogP contribution in [-0.4, -0.2) is 22.8 Å². The van der Waals surface area contributed by atoms with E-state index in [4.69, 9.17) is 4.74 Å². The van der Waals surface area contributed by atoms with Gasteiger partial charge in [-0.15, -0.1) is 0 Å². The average Bonchev–Trinajstić information content (AvgIpc) is 3.10. The van der Waals surface area contributed by atoms with Crippen LogP contribution in [0, 0.1) is 0 Å². The number of amides is 2. The lowest BCUT2D eigenvalue weighted by Gasteiger charge is -2.27. The van der Waals surface area contributed by atoms with Gasteiger partial charge < -0.3 is 15.4 Å². The number of urea groups is 1. The van der Waals surface area contributed by atoms with E-state index >= 15 is 0 Å². The van der Waals surface area contributed by atoms with E-state index in [1.165, 1.54) is 6.07 Å². The molecule has 4 rings (SSSR count). The van der Waals surface area contributed by atoms with Crippen molar-refractivity contribution in [3.8, 4) is 5.75 Å². The Morgan fingerprint density at radius 1 is 1.26 bits per heavy atom. The molecule has 2 amide bonds. The minimum atomic E-state index is -4.45. The van der Waals surface area contributed by atoms with Crippen molar-refractivity contribution < 1.29 is 22.7 Å². The summed E-state index contributed by atoms with van der Waals surface area (Å²) in [6.45, 7) is 0.219. The first-order valence-electron chi connectivity index (χ1n) is 8.25. The smallest absolute Gasteiger partial charge is 0.416 e. The Hall–Kier alpha value is -3.23. The lowest BCUT2D eigenvalue weighted by atomic mass is 9.98. The molecular formula is C18H15F3N4O2. The molecule has 1 atom stereocenters. The number of hydrogen-bond acceptors (Lipinski definition) is 3. The summed E-state index contributed by atoms with van der Waals surface area (Å²) < 4.78 is 43.9. The van der Waals surface area contributed by atoms with E-state index in [9.17, 15) is 18.0 Å². The minimum absolute atomic E-state index is 0.137. The maximum atomic E-state index is 12.9. The number of carbonyl (C=O) groups excluding carboxylic acids is 1. The van der Waals surface area contributed by atoms with E-state index in [-0.39, 0.29) is 12.4 Å². The van der Waals surface area contributed by atoms with Gasteiger partial charge in [-0.1, -0.05) is 12.1 Å². The third kappa shape index (κ3) is 3.40. The zero-order valence-corrected chi connectivity index (χ0v) is 13.9. The molecule has 1 aliphatic rings. The standard InChI is InChI=1S/C18H15F3N4O2/c19-18(20,21)10-4-5-11-14(6-7-27-16(11)8-10)24-17(26)23-13-2-1-3-15-12(13)9-22-25-15/h1-5,8-9,14H,6-7H2,(H,22,25)(H2,23,24,26)/t14-/m0/s1. The fraction of sp³-hybridized carbons (Fsp3) is 0.222. The maximum absolute atomic E-state index is 12.9. The highest BCUT2D eigenvalue weighted by Crippen LogP contribution is 2.38. The van der Waals surface area contributed by atoms with Crippen LogP contribution in [0.15, 0.2) is 42.6 Å². The molecule has 9 heteroatoms. The molecule has 2 aromatic carbocycles. The number of carbonyl (C=O) groups is 1. The van der Waals surface area contributed by atoms with Gasteiger partial charge in [0.2, 0.25) is 0 Å². The molecule has 27 heavy (non-hydrogen) atoms. The Bertz CT molecular complexity index is 1000. The number of ether oxygens (including phenoxy) is 1. The summed E-state index contributed by atoms with van der Waals surface area (Å²) >= 11 is 0. The van der Waals surface area contributed by atoms with Gasteiger partial charge in [0.1, 0.15) is 5.75 Å². The molecule has 6 nitrogen and oxygen atoms in total. The van der Waals surface area contributed by atoms with Crippen molar-refractivity contribution in [2.45, 2.75) is 18.6 Å². The number of nitrogens with one attached hydrogen (secondary N) is 3. The summed E-state index contributed by atoms with van der Waals surface area (Å²) in [7, 11) is 0. The van der Waals surface area contributed by atoms with E-state index in [0.29, 0.717) is 17.7 Å². The normalized spacial score (nSPS) is 16.5. The highest BCUT2D eigenvalue weighted by molar-refractivity contribution is 6.00. The van der Waals surface area contributed by atoms with Crippen LogP contribution in [0.4, 0.5) is 23.7 Å². The monoisotopic (exact) mass is 376 g/mol. The van der Waals surface area contributed by atoms with Gasteiger partial charge in [0.25, 0.3) is 0 Å². The Kier molecular flexibility index (Phi) is 4.14. The van der Waals surface area contributed by atoms with Crippen LogP contribution in [0.5, 0.6) is 5.75 Å². The van der Waals surface area contributed by atoms with Crippen LogP contribution in [-0.2, 0) is 6.18 Å². The number of aromatic nitrogens is 2. The molecule has 1 aromatic heterocycles. The number of H-pyrrole nitrogens is 1. The lowest BCUT2D eigenvalue weighted by molar-refractivity contribution is -0.137. The predicted molar refractivity (Wildman–Crippen MR) is 92.5 cm³/mol. The second kappa shape index (κ2) is 6.49. The zero-order chi connectivity index (χ0) is 19.0. The highest BCUT2D eigenvalue weighted by atomic mass is 19.4. The number of alkyl halides is 3. The summed E-state index contributed by atoms with van der Waals surface area (Å²) in [4.78, 5) is 12.4. The number of aromatic amines is 1. The van der Waals surface area contributed by atoms with E-state index < -0.39 is 23.8 Å². The molecule has 0 saturated carbocycles. The van der Waals surface area contributed by atoms with E-state index in [0.717, 1.165) is 23.0 Å². The van der Waals surface area contributed by atoms with Crippen molar-refractivity contribution >= 4 is 22.6 Å². The van der Waals surface area contributed by atoms with Gasteiger partial charge in [-0.05, 0) is 24.3 Å². The summed E-state index contributed by atoms with van der Waals surface area (Å²) in [6.07, 6.45) is -2.38. The van der Waals surface area contributed by atoms with Gasteiger partial charge in [-0.2, -0.15) is 18.3 Å². The van der Waals surface area contributed by atoms with Crippen LogP contribution in [0.1, 0.15) is 23.6 Å². The summed E-state index contributed by atoms with van der Waals surface area (Å²) in [5, 5.41) is 13.1. The fourth-order valence-corrected chi connectivity index (χ4v) is 3.11. The Morgan fingerprint density at radius 3 is 2.93 bits per heavy atom. The predicted octanol–water partition coefficient (Wildman–Crippen LogP) is 4.23. The number of halogens is 3. The van der Waals surface area contributed by atoms with Crippen LogP contribution in [0.25, 0.3) is 10.9 Å². The Labute approximate surface area is 151 Å². The number of fused-ring (bicyclic) bond motifs is 2. The first-order valence-corrected chi connectivity index (χ1v) is 8.25. The molecule has 0 bridgehead atoms. The van der Waals surface area contributed by atoms with E-state index in [1.807, 2.05) is 6.07 Å². The average molecular weight is 376 g/mol. The van der Waals surface area contributed by atoms with Gasteiger partial charge in [-0.25, -0.2) is 4.79 Å². The molecule has 0 radical (unpaired) electrons. The maximum Gasteiger partial charge on any atom is 0.416 e. The van der Waals surface area contributed by atoms with Crippen LogP contribution in [0.2, 0.25) is 0 Å². The summed E-state index contributed by atoms with van der Waals surface area (Å²) in [5.41, 5.74) is 1.10. The van der Waals surface area contributed by atoms with Gasteiger partial charge in [0.05, 0.1) is 35.6 Å². The second-order valence-corrected chi connectivity index (χ2v) is 6.18. The highest BCUT2D eigenvalue weighted by Gasteiger charge is 2.33. The lowest BCUT2D eigenvalue weighted by Crippen LogP contribution is -2.35. The van der Waals surface area contributed by atoms with Crippen LogP contribution >= 0.6 is 0 Å². The van der Waals surface area contributed by atoms with Gasteiger partial charge >= 0.3 is 12.2 Å². The number of rotatable bonds is 2. The summed E-state index contributed by atoms with van der Waals surface area (Å²) in [6, 6.07) is 7.75. The molecule has 0 unspecified atom stereocenters. The summed E-state index contributed by atoms with van der Waals surface area (Å²) in [5.74, 6) is 0.137. The Balaban J connectivity index is 1.52. The molecule has 2 heterocycles. The molecule has 140 valence electrons. The number of hydrogen-bond donors (Lipinski definition) is 3. The Morgan fingerprint density at radius 2 is 2.11 bits per heavy atom. The molecule has 0 aliphatic carbocycles. The molecule has 0 spiro atoms. The van der Waals surface area contributed by atoms with Gasteiger partial charge in [0, 0.05) is 17.4 Å². The first kappa shape index (κ1) is 17.2. The first-order chi connectivity index (χ1) is 12.9. The molecule has 0 fully saturated rings. The molecule has 3 N–H and O–H groups in total. The van der Waals surface area contributed by atoms with E-state index in [2.05, 4.69) is 20.8 Å². The SMILES string of the molecule is O=C(Nc1cccc2[nH]ncc12)N[C@H]1CCOc2cc(C(F)(F)F)ccc21. The van der Waals surface area contributed by atoms with Crippen molar-refractivity contribution in [3.63, 3.8) is 0 Å². The van der Waals surface area contributed by atoms with Crippen molar-refractivity contribution in [3.05, 3.63) is 53.7 Å². The third-order valence-corrected chi connectivity index (χ3v) is 4.42. The number of benzene rings is 2. The zero-order valence-electron chi connectivity index (χ0n) is 13.9. The largest absolute Gasteiger partial charge is 0.493 e. The van der Waals surface area contributed by atoms with Crippen molar-refractivity contribution in [1.29, 1.82) is 0 Å². The topological polar surface area (TPSA) is 79.0 Å². The number of anilines is 1. The third-order valence-electron chi connectivity index (χ3n) is 4.42. The molecule has 0 saturated heterocycles. The molecule has 3 aromatic rings. The van der Waals surface area contributed by atoms with E-state index in [1.54, 1.807) is 18.3 Å². The fourth-order valence-electron chi connectivity index (χ4n) is 3.11. The minimum Gasteiger partial charge on any atom is -0.493 e. The van der Waals surface area contributed by atoms with Crippen LogP contribution < -0.4 is 15.4 Å². The quantitative estimate of drug-likeness (QED) is 0.626. The molecule has 1 aliphatic heterocycles. The number of nitrogens with zero attached hydrogens (tertiary/aromatic N) is 1. The van der Waals surface area contributed by atoms with Gasteiger partial charge in [-0.3, -0.25) is 5.10 Å². The van der Waals surface area contributed by atoms with Crippen molar-refractivity contribution in [2.75, 3.05) is 11.9 Å². The molecular weight excluding hydrogens is 361 g/mol. The van der Waals surface area contributed by atoms with Crippen molar-refractivity contribution in [2.24, 2.45) is 0 Å². The van der Waals surface area contributed by atoms with Gasteiger partial charge in [0.15, 0.2) is 0 Å².